The number of aldehydes is 1. The van der Waals surface area contributed by atoms with Gasteiger partial charge in [-0.3, -0.25) is 0 Å². The lowest BCUT2D eigenvalue weighted by Crippen LogP contribution is -2.53. The molecule has 0 aromatic rings. The molecule has 1 nitrogen and oxygen atoms in total. The van der Waals surface area contributed by atoms with Crippen molar-refractivity contribution in [2.45, 2.75) is 39.5 Å². The van der Waals surface area contributed by atoms with E-state index in [4.69, 9.17) is 0 Å². The van der Waals surface area contributed by atoms with E-state index in [1.165, 1.54) is 19.3 Å². The fraction of sp³-hybridized carbons (Fsp3) is 0.909. The Bertz CT molecular complexity index is 197. The van der Waals surface area contributed by atoms with Crippen LogP contribution in [-0.4, -0.2) is 6.29 Å². The van der Waals surface area contributed by atoms with Gasteiger partial charge in [0.05, 0.1) is 0 Å². The van der Waals surface area contributed by atoms with Gasteiger partial charge in [-0.05, 0) is 36.0 Å². The molecule has 0 aromatic carbocycles. The fourth-order valence-electron chi connectivity index (χ4n) is 3.48. The van der Waals surface area contributed by atoms with Crippen molar-refractivity contribution in [1.29, 1.82) is 0 Å². The second-order valence-corrected chi connectivity index (χ2v) is 4.97. The third-order valence-electron chi connectivity index (χ3n) is 4.50. The summed E-state index contributed by atoms with van der Waals surface area (Å²) in [7, 11) is 0. The van der Waals surface area contributed by atoms with E-state index in [1.807, 2.05) is 0 Å². The minimum atomic E-state index is 0.388. The molecule has 0 radical (unpaired) electrons. The Labute approximate surface area is 74.5 Å². The summed E-state index contributed by atoms with van der Waals surface area (Å²) in [6.45, 7) is 4.67. The second-order valence-electron chi connectivity index (χ2n) is 4.97. The molecule has 3 rings (SSSR count). The first-order valence-electron chi connectivity index (χ1n) is 5.12. The molecule has 3 saturated carbocycles. The maximum Gasteiger partial charge on any atom is 0.120 e. The number of fused-ring (bicyclic) bond motifs is 2. The van der Waals surface area contributed by atoms with E-state index in [2.05, 4.69) is 13.8 Å². The van der Waals surface area contributed by atoms with E-state index >= 15 is 0 Å². The quantitative estimate of drug-likeness (QED) is 0.576. The van der Waals surface area contributed by atoms with Gasteiger partial charge < -0.3 is 4.79 Å². The average molecular weight is 166 g/mol. The van der Waals surface area contributed by atoms with Crippen molar-refractivity contribution in [3.05, 3.63) is 0 Å². The normalized spacial score (nSPS) is 51.3. The van der Waals surface area contributed by atoms with E-state index in [1.54, 1.807) is 0 Å². The maximum atomic E-state index is 10.6. The van der Waals surface area contributed by atoms with Crippen LogP contribution < -0.4 is 0 Å². The van der Waals surface area contributed by atoms with E-state index in [0.717, 1.165) is 30.5 Å². The zero-order valence-corrected chi connectivity index (χ0v) is 8.05. The van der Waals surface area contributed by atoms with Gasteiger partial charge in [-0.15, -0.1) is 0 Å². The van der Waals surface area contributed by atoms with E-state index in [9.17, 15) is 4.79 Å². The molecule has 0 heterocycles. The lowest BCUT2D eigenvalue weighted by Gasteiger charge is -2.60. The van der Waals surface area contributed by atoms with E-state index < -0.39 is 0 Å². The molecule has 0 spiro atoms. The van der Waals surface area contributed by atoms with Gasteiger partial charge in [-0.1, -0.05) is 20.3 Å². The van der Waals surface area contributed by atoms with Gasteiger partial charge in [0.1, 0.15) is 6.29 Å². The van der Waals surface area contributed by atoms with Crippen LogP contribution in [0.5, 0.6) is 0 Å². The number of carbonyl (C=O) groups is 1. The first-order chi connectivity index (χ1) is 5.68. The molecule has 3 fully saturated rings. The highest BCUT2D eigenvalue weighted by Crippen LogP contribution is 2.62. The van der Waals surface area contributed by atoms with Crippen LogP contribution in [-0.2, 0) is 4.79 Å². The van der Waals surface area contributed by atoms with Gasteiger partial charge in [0.2, 0.25) is 0 Å². The monoisotopic (exact) mass is 166 g/mol. The molecule has 68 valence electrons. The largest absolute Gasteiger partial charge is 0.303 e. The summed E-state index contributed by atoms with van der Waals surface area (Å²) in [6, 6.07) is 0. The molecule has 1 heteroatoms. The van der Waals surface area contributed by atoms with Crippen molar-refractivity contribution in [3.63, 3.8) is 0 Å². The minimum absolute atomic E-state index is 0.388. The highest BCUT2D eigenvalue weighted by molar-refractivity contribution is 5.51. The Morgan fingerprint density at radius 3 is 2.75 bits per heavy atom. The Morgan fingerprint density at radius 2 is 2.25 bits per heavy atom. The van der Waals surface area contributed by atoms with Crippen LogP contribution >= 0.6 is 0 Å². The fourth-order valence-corrected chi connectivity index (χ4v) is 3.48. The SMILES string of the molecule is CC1CCC2CC1C2(C)CC=O. The predicted molar refractivity (Wildman–Crippen MR) is 48.8 cm³/mol. The number of carbonyl (C=O) groups excluding carboxylic acids is 1. The van der Waals surface area contributed by atoms with Crippen LogP contribution in [0.1, 0.15) is 39.5 Å². The highest BCUT2D eigenvalue weighted by atomic mass is 16.1. The molecular formula is C11H18O. The second kappa shape index (κ2) is 2.58. The van der Waals surface area contributed by atoms with Crippen LogP contribution in [0.4, 0.5) is 0 Å². The van der Waals surface area contributed by atoms with Crippen LogP contribution in [0.3, 0.4) is 0 Å². The lowest BCUT2D eigenvalue weighted by molar-refractivity contribution is -0.134. The first-order valence-corrected chi connectivity index (χ1v) is 5.12. The van der Waals surface area contributed by atoms with Crippen LogP contribution in [0.15, 0.2) is 0 Å². The first kappa shape index (κ1) is 8.28. The zero-order chi connectivity index (χ0) is 8.77. The third kappa shape index (κ3) is 0.884. The summed E-state index contributed by atoms with van der Waals surface area (Å²) in [6.07, 6.45) is 6.07. The predicted octanol–water partition coefficient (Wildman–Crippen LogP) is 2.65. The van der Waals surface area contributed by atoms with Crippen molar-refractivity contribution in [2.24, 2.45) is 23.2 Å². The van der Waals surface area contributed by atoms with Crippen LogP contribution in [0.2, 0.25) is 0 Å². The van der Waals surface area contributed by atoms with Crippen molar-refractivity contribution in [3.8, 4) is 0 Å². The molecule has 12 heavy (non-hydrogen) atoms. The summed E-state index contributed by atoms with van der Waals surface area (Å²) < 4.78 is 0. The van der Waals surface area contributed by atoms with Gasteiger partial charge in [-0.2, -0.15) is 0 Å². The van der Waals surface area contributed by atoms with Gasteiger partial charge in [0.15, 0.2) is 0 Å². The Morgan fingerprint density at radius 1 is 1.50 bits per heavy atom. The van der Waals surface area contributed by atoms with Crippen LogP contribution in [0, 0.1) is 23.2 Å². The summed E-state index contributed by atoms with van der Waals surface area (Å²) >= 11 is 0. The minimum Gasteiger partial charge on any atom is -0.303 e. The van der Waals surface area contributed by atoms with E-state index in [-0.39, 0.29) is 0 Å². The molecule has 3 aliphatic carbocycles. The Balaban J connectivity index is 2.12. The lowest BCUT2D eigenvalue weighted by atomic mass is 9.44. The smallest absolute Gasteiger partial charge is 0.120 e. The van der Waals surface area contributed by atoms with Gasteiger partial charge in [0.25, 0.3) is 0 Å². The van der Waals surface area contributed by atoms with Crippen molar-refractivity contribution in [1.82, 2.24) is 0 Å². The van der Waals surface area contributed by atoms with Crippen molar-refractivity contribution >= 4 is 6.29 Å². The average Bonchev–Trinajstić information content (AvgIpc) is 2.04. The number of rotatable bonds is 2. The summed E-state index contributed by atoms with van der Waals surface area (Å²) in [5.74, 6) is 2.57. The summed E-state index contributed by atoms with van der Waals surface area (Å²) in [5, 5.41) is 0. The standard InChI is InChI=1S/C11H18O/c1-8-3-4-9-7-10(8)11(9,2)5-6-12/h6,8-10H,3-5,7H2,1-2H3. The molecule has 0 N–H and O–H groups in total. The molecule has 4 unspecified atom stereocenters. The highest BCUT2D eigenvalue weighted by Gasteiger charge is 2.55. The molecule has 4 atom stereocenters. The molecule has 2 bridgehead atoms. The van der Waals surface area contributed by atoms with Crippen molar-refractivity contribution < 1.29 is 4.79 Å². The summed E-state index contributed by atoms with van der Waals surface area (Å²) in [5.41, 5.74) is 0.388. The van der Waals surface area contributed by atoms with Crippen molar-refractivity contribution in [2.75, 3.05) is 0 Å². The maximum absolute atomic E-state index is 10.6. The molecule has 0 aliphatic heterocycles. The Kier molecular flexibility index (Phi) is 1.78. The van der Waals surface area contributed by atoms with Gasteiger partial charge in [-0.25, -0.2) is 0 Å². The molecule has 0 saturated heterocycles. The molecular weight excluding hydrogens is 148 g/mol. The van der Waals surface area contributed by atoms with E-state index in [0.29, 0.717) is 5.41 Å². The molecule has 0 aromatic heterocycles. The van der Waals surface area contributed by atoms with Gasteiger partial charge >= 0.3 is 0 Å². The topological polar surface area (TPSA) is 17.1 Å². The van der Waals surface area contributed by atoms with Gasteiger partial charge in [0, 0.05) is 6.42 Å². The third-order valence-corrected chi connectivity index (χ3v) is 4.50. The summed E-state index contributed by atoms with van der Waals surface area (Å²) in [4.78, 5) is 10.6. The number of hydrogen-bond donors (Lipinski definition) is 0. The number of hydrogen-bond acceptors (Lipinski definition) is 1. The molecule has 0 amide bonds. The Hall–Kier alpha value is -0.330. The van der Waals surface area contributed by atoms with Crippen LogP contribution in [0.25, 0.3) is 0 Å². The molecule has 3 aliphatic rings. The zero-order valence-electron chi connectivity index (χ0n) is 8.05.